The molecule has 2 aromatic rings. The van der Waals surface area contributed by atoms with E-state index in [9.17, 15) is 8.42 Å². The van der Waals surface area contributed by atoms with Gasteiger partial charge in [0.1, 0.15) is 5.75 Å². The standard InChI is InChI=1S/C22H30N2O3S2/c1-27-20-4-2-6-22(16-20)29(25,26)24(17-18-7-8-18)19-9-12-23(13-10-19)14-11-21-5-3-15-28-21/h2-6,15-16,18-19H,7-14,17H2,1H3. The van der Waals surface area contributed by atoms with Crippen LogP contribution in [-0.2, 0) is 16.4 Å². The fraction of sp³-hybridized carbons (Fsp3) is 0.545. The minimum Gasteiger partial charge on any atom is -0.497 e. The fourth-order valence-electron chi connectivity index (χ4n) is 4.05. The predicted octanol–water partition coefficient (Wildman–Crippen LogP) is 3.86. The van der Waals surface area contributed by atoms with Gasteiger partial charge in [0, 0.05) is 30.1 Å². The van der Waals surface area contributed by atoms with Gasteiger partial charge in [-0.15, -0.1) is 11.3 Å². The number of piperidine rings is 1. The molecule has 0 amide bonds. The number of sulfonamides is 1. The molecule has 2 aliphatic rings. The van der Waals surface area contributed by atoms with Crippen LogP contribution in [0.15, 0.2) is 46.7 Å². The summed E-state index contributed by atoms with van der Waals surface area (Å²) in [6.45, 7) is 3.63. The minimum absolute atomic E-state index is 0.0878. The quantitative estimate of drug-likeness (QED) is 0.601. The molecule has 0 bridgehead atoms. The first-order valence-electron chi connectivity index (χ1n) is 10.5. The van der Waals surface area contributed by atoms with Crippen molar-refractivity contribution in [3.05, 3.63) is 46.7 Å². The molecule has 2 heterocycles. The van der Waals surface area contributed by atoms with E-state index in [1.807, 2.05) is 11.3 Å². The summed E-state index contributed by atoms with van der Waals surface area (Å²) < 4.78 is 34.0. The van der Waals surface area contributed by atoms with E-state index in [4.69, 9.17) is 4.74 Å². The first-order valence-corrected chi connectivity index (χ1v) is 12.8. The second-order valence-corrected chi connectivity index (χ2v) is 11.0. The van der Waals surface area contributed by atoms with E-state index in [0.717, 1.165) is 51.7 Å². The van der Waals surface area contributed by atoms with Crippen LogP contribution in [0.2, 0.25) is 0 Å². The van der Waals surface area contributed by atoms with E-state index in [1.165, 1.54) is 4.88 Å². The van der Waals surface area contributed by atoms with Crippen LogP contribution in [0.3, 0.4) is 0 Å². The van der Waals surface area contributed by atoms with E-state index in [0.29, 0.717) is 23.1 Å². The number of hydrogen-bond donors (Lipinski definition) is 0. The number of thiophene rings is 1. The summed E-state index contributed by atoms with van der Waals surface area (Å²) in [4.78, 5) is 4.24. The Morgan fingerprint density at radius 1 is 1.14 bits per heavy atom. The lowest BCUT2D eigenvalue weighted by Gasteiger charge is -2.38. The first-order chi connectivity index (χ1) is 14.1. The Kier molecular flexibility index (Phi) is 6.59. The molecule has 0 N–H and O–H groups in total. The zero-order chi connectivity index (χ0) is 20.3. The van der Waals surface area contributed by atoms with Crippen molar-refractivity contribution in [3.63, 3.8) is 0 Å². The number of nitrogens with zero attached hydrogens (tertiary/aromatic N) is 2. The molecule has 1 saturated heterocycles. The third-order valence-electron chi connectivity index (χ3n) is 6.00. The van der Waals surface area contributed by atoms with Crippen molar-refractivity contribution in [2.75, 3.05) is 33.3 Å². The molecule has 0 atom stereocenters. The van der Waals surface area contributed by atoms with Crippen molar-refractivity contribution < 1.29 is 13.2 Å². The summed E-state index contributed by atoms with van der Waals surface area (Å²) in [6, 6.07) is 11.3. The molecule has 0 unspecified atom stereocenters. The van der Waals surface area contributed by atoms with Crippen LogP contribution >= 0.6 is 11.3 Å². The summed E-state index contributed by atoms with van der Waals surface area (Å²) in [5.74, 6) is 1.10. The monoisotopic (exact) mass is 434 g/mol. The highest BCUT2D eigenvalue weighted by Gasteiger charge is 2.37. The van der Waals surface area contributed by atoms with Crippen molar-refractivity contribution in [1.82, 2.24) is 9.21 Å². The van der Waals surface area contributed by atoms with E-state index in [1.54, 1.807) is 35.7 Å². The first kappa shape index (κ1) is 20.8. The molecule has 1 aliphatic heterocycles. The second kappa shape index (κ2) is 9.16. The van der Waals surface area contributed by atoms with Crippen LogP contribution < -0.4 is 4.74 Å². The lowest BCUT2D eigenvalue weighted by molar-refractivity contribution is 0.158. The van der Waals surface area contributed by atoms with Gasteiger partial charge in [0.2, 0.25) is 10.0 Å². The zero-order valence-corrected chi connectivity index (χ0v) is 18.6. The van der Waals surface area contributed by atoms with Gasteiger partial charge >= 0.3 is 0 Å². The maximum atomic E-state index is 13.5. The molecule has 5 nitrogen and oxygen atoms in total. The molecule has 1 aromatic heterocycles. The molecular formula is C22H30N2O3S2. The molecular weight excluding hydrogens is 404 g/mol. The Hall–Kier alpha value is -1.41. The van der Waals surface area contributed by atoms with Gasteiger partial charge in [0.15, 0.2) is 0 Å². The normalized spacial score (nSPS) is 19.0. The van der Waals surface area contributed by atoms with Crippen molar-refractivity contribution in [2.45, 2.75) is 43.0 Å². The van der Waals surface area contributed by atoms with Gasteiger partial charge in [-0.3, -0.25) is 0 Å². The van der Waals surface area contributed by atoms with Crippen LogP contribution in [0.4, 0.5) is 0 Å². The number of benzene rings is 1. The van der Waals surface area contributed by atoms with Gasteiger partial charge < -0.3 is 9.64 Å². The highest BCUT2D eigenvalue weighted by Crippen LogP contribution is 2.35. The zero-order valence-electron chi connectivity index (χ0n) is 17.0. The van der Waals surface area contributed by atoms with Crippen LogP contribution in [0.25, 0.3) is 0 Å². The van der Waals surface area contributed by atoms with Crippen LogP contribution in [0.5, 0.6) is 5.75 Å². The molecule has 1 aromatic carbocycles. The maximum Gasteiger partial charge on any atom is 0.243 e. The molecule has 1 aliphatic carbocycles. The topological polar surface area (TPSA) is 49.9 Å². The molecule has 1 saturated carbocycles. The Morgan fingerprint density at radius 2 is 1.93 bits per heavy atom. The second-order valence-electron chi connectivity index (χ2n) is 8.10. The summed E-state index contributed by atoms with van der Waals surface area (Å²) in [6.07, 6.45) is 5.17. The van der Waals surface area contributed by atoms with Gasteiger partial charge in [-0.25, -0.2) is 8.42 Å². The average Bonchev–Trinajstić information content (AvgIpc) is 3.42. The fourth-order valence-corrected chi connectivity index (χ4v) is 6.54. The number of likely N-dealkylation sites (tertiary alicyclic amines) is 1. The van der Waals surface area contributed by atoms with Gasteiger partial charge in [0.05, 0.1) is 12.0 Å². The SMILES string of the molecule is COc1cccc(S(=O)(=O)N(CC2CC2)C2CCN(CCc3cccs3)CC2)c1. The van der Waals surface area contributed by atoms with E-state index in [2.05, 4.69) is 22.4 Å². The van der Waals surface area contributed by atoms with Crippen LogP contribution in [0.1, 0.15) is 30.6 Å². The lowest BCUT2D eigenvalue weighted by atomic mass is 10.0. The van der Waals surface area contributed by atoms with Crippen LogP contribution in [0, 0.1) is 5.92 Å². The Balaban J connectivity index is 1.43. The highest BCUT2D eigenvalue weighted by atomic mass is 32.2. The summed E-state index contributed by atoms with van der Waals surface area (Å²) in [7, 11) is -1.95. The maximum absolute atomic E-state index is 13.5. The van der Waals surface area contributed by atoms with Crippen molar-refractivity contribution >= 4 is 21.4 Å². The van der Waals surface area contributed by atoms with Crippen molar-refractivity contribution in [2.24, 2.45) is 5.92 Å². The number of rotatable bonds is 9. The third-order valence-corrected chi connectivity index (χ3v) is 8.85. The molecule has 29 heavy (non-hydrogen) atoms. The Morgan fingerprint density at radius 3 is 2.59 bits per heavy atom. The molecule has 4 rings (SSSR count). The molecule has 0 radical (unpaired) electrons. The number of hydrogen-bond acceptors (Lipinski definition) is 5. The number of methoxy groups -OCH3 is 1. The summed E-state index contributed by atoms with van der Waals surface area (Å²) in [5, 5.41) is 2.13. The van der Waals surface area contributed by atoms with Gasteiger partial charge in [-0.05, 0) is 74.7 Å². The van der Waals surface area contributed by atoms with E-state index in [-0.39, 0.29) is 6.04 Å². The molecule has 2 fully saturated rings. The van der Waals surface area contributed by atoms with Gasteiger partial charge in [0.25, 0.3) is 0 Å². The van der Waals surface area contributed by atoms with Gasteiger partial charge in [-0.2, -0.15) is 4.31 Å². The van der Waals surface area contributed by atoms with Crippen molar-refractivity contribution in [3.8, 4) is 5.75 Å². The van der Waals surface area contributed by atoms with Crippen LogP contribution in [-0.4, -0.2) is 57.0 Å². The molecule has 158 valence electrons. The Bertz CT molecular complexity index is 887. The Labute approximate surface area is 178 Å². The summed E-state index contributed by atoms with van der Waals surface area (Å²) in [5.41, 5.74) is 0. The van der Waals surface area contributed by atoms with E-state index < -0.39 is 10.0 Å². The smallest absolute Gasteiger partial charge is 0.243 e. The average molecular weight is 435 g/mol. The lowest BCUT2D eigenvalue weighted by Crippen LogP contribution is -2.48. The minimum atomic E-state index is -3.52. The third kappa shape index (κ3) is 5.20. The largest absolute Gasteiger partial charge is 0.497 e. The number of ether oxygens (including phenoxy) is 1. The highest BCUT2D eigenvalue weighted by molar-refractivity contribution is 7.89. The molecule has 0 spiro atoms. The summed E-state index contributed by atoms with van der Waals surface area (Å²) >= 11 is 1.81. The molecule has 7 heteroatoms. The van der Waals surface area contributed by atoms with Crippen molar-refractivity contribution in [1.29, 1.82) is 0 Å². The van der Waals surface area contributed by atoms with Gasteiger partial charge in [-0.1, -0.05) is 12.1 Å². The predicted molar refractivity (Wildman–Crippen MR) is 117 cm³/mol. The van der Waals surface area contributed by atoms with E-state index >= 15 is 0 Å².